The lowest BCUT2D eigenvalue weighted by atomic mass is 9.50. The van der Waals surface area contributed by atoms with E-state index in [4.69, 9.17) is 37.9 Å². The fraction of sp³-hybridized carbons (Fsp3) is 0.560. The standard InChI is InChI=1S/C50H58N4O18/c1-53-19-17-47-37-25-5-9-29(65-3)39(37)71-41(47)31(13-15-49(47,63)33(53)23-25)69-43(59)27(7-11-35(55)56)51-45(61)67-21-22-68-46(62)52-28(8-12-36(57)58)44(60)70-32-14-16-50(64)34-24-26-6-10-30(66-4)40-38(26)48(50,42(32)72-40)18-20-54(34)2/h5-6,9-10,13-14,27-28,33-34,41-42,63-64H,7-8,11-12,15-24H2,1-4H3,(H,51,61)(H,52,62)(H,55,56)(H,57,58)/t27?,28?,33-,34-,41+,42+,47+,48+,49-,50-/m1/s1. The molecule has 10 rings (SSSR count). The lowest BCUT2D eigenvalue weighted by Gasteiger charge is -2.61. The number of carbonyl (C=O) groups excluding carboxylic acids is 4. The van der Waals surface area contributed by atoms with Gasteiger partial charge in [0.25, 0.3) is 0 Å². The summed E-state index contributed by atoms with van der Waals surface area (Å²) in [7, 11) is 6.93. The molecule has 6 N–H and O–H groups in total. The normalized spacial score (nSPS) is 30.5. The number of carbonyl (C=O) groups is 6. The molecule has 0 radical (unpaired) electrons. The van der Waals surface area contributed by atoms with Crippen LogP contribution in [0.5, 0.6) is 23.0 Å². The van der Waals surface area contributed by atoms with Crippen molar-refractivity contribution in [2.75, 3.05) is 54.6 Å². The van der Waals surface area contributed by atoms with E-state index in [0.29, 0.717) is 61.8 Å². The number of alkyl carbamates (subject to hydrolysis) is 2. The minimum Gasteiger partial charge on any atom is -0.493 e. The minimum absolute atomic E-state index is 0.0956. The van der Waals surface area contributed by atoms with Crippen LogP contribution >= 0.6 is 0 Å². The molecule has 8 aliphatic rings. The second kappa shape index (κ2) is 18.1. The van der Waals surface area contributed by atoms with Crippen LogP contribution in [0.25, 0.3) is 0 Å². The maximum atomic E-state index is 13.9. The van der Waals surface area contributed by atoms with Crippen molar-refractivity contribution in [3.05, 3.63) is 70.2 Å². The first kappa shape index (κ1) is 49.0. The number of carboxylic acid groups (broad SMARTS) is 2. The maximum absolute atomic E-state index is 13.9. The van der Waals surface area contributed by atoms with Crippen molar-refractivity contribution in [2.24, 2.45) is 0 Å². The van der Waals surface area contributed by atoms with Crippen LogP contribution < -0.4 is 29.6 Å². The van der Waals surface area contributed by atoms with E-state index < -0.39 is 108 Å². The Labute approximate surface area is 413 Å². The number of ether oxygens (including phenoxy) is 8. The first-order valence-corrected chi connectivity index (χ1v) is 24.1. The van der Waals surface area contributed by atoms with E-state index in [-0.39, 0.29) is 49.3 Å². The molecule has 2 unspecified atom stereocenters. The summed E-state index contributed by atoms with van der Waals surface area (Å²) in [5, 5.41) is 48.7. The Morgan fingerprint density at radius 2 is 1.07 bits per heavy atom. The van der Waals surface area contributed by atoms with Gasteiger partial charge in [-0.3, -0.25) is 9.59 Å². The molecule has 10 atom stereocenters. The maximum Gasteiger partial charge on any atom is 0.407 e. The predicted octanol–water partition coefficient (Wildman–Crippen LogP) is 1.97. The lowest BCUT2D eigenvalue weighted by Crippen LogP contribution is -2.74. The molecule has 72 heavy (non-hydrogen) atoms. The molecule has 2 aromatic carbocycles. The van der Waals surface area contributed by atoms with Crippen LogP contribution in [-0.4, -0.2) is 168 Å². The summed E-state index contributed by atoms with van der Waals surface area (Å²) in [4.78, 5) is 81.5. The number of likely N-dealkylation sites (N-methyl/N-ethyl adjacent to an activating group) is 2. The molecule has 2 fully saturated rings. The van der Waals surface area contributed by atoms with E-state index in [0.717, 1.165) is 22.3 Å². The number of rotatable bonds is 17. The average Bonchev–Trinajstić information content (AvgIpc) is 3.89. The average molecular weight is 1000 g/mol. The van der Waals surface area contributed by atoms with E-state index in [2.05, 4.69) is 20.4 Å². The lowest BCUT2D eigenvalue weighted by molar-refractivity contribution is -0.170. The third kappa shape index (κ3) is 7.41. The summed E-state index contributed by atoms with van der Waals surface area (Å²) in [6.45, 7) is 0.110. The molecule has 386 valence electrons. The van der Waals surface area contributed by atoms with E-state index in [1.165, 1.54) is 14.2 Å². The molecular formula is C50H58N4O18. The zero-order valence-corrected chi connectivity index (χ0v) is 40.2. The molecule has 22 nitrogen and oxygen atoms in total. The summed E-state index contributed by atoms with van der Waals surface area (Å²) >= 11 is 0. The number of aliphatic carboxylic acids is 2. The molecule has 2 amide bonds. The Balaban J connectivity index is 0.766. The second-order valence-corrected chi connectivity index (χ2v) is 19.9. The summed E-state index contributed by atoms with van der Waals surface area (Å²) in [5.41, 5.74) is -0.992. The van der Waals surface area contributed by atoms with Crippen LogP contribution in [0.15, 0.2) is 47.9 Å². The van der Waals surface area contributed by atoms with Crippen LogP contribution in [0, 0.1) is 0 Å². The number of methoxy groups -OCH3 is 2. The molecule has 4 aliphatic heterocycles. The van der Waals surface area contributed by atoms with Crippen molar-refractivity contribution in [3.63, 3.8) is 0 Å². The Hall–Kier alpha value is -6.62. The highest BCUT2D eigenvalue weighted by Gasteiger charge is 2.73. The van der Waals surface area contributed by atoms with Gasteiger partial charge in [-0.2, -0.15) is 0 Å². The molecule has 22 heteroatoms. The van der Waals surface area contributed by atoms with Gasteiger partial charge in [0.2, 0.25) is 0 Å². The monoisotopic (exact) mass is 1000 g/mol. The number of nitrogens with one attached hydrogen (secondary N) is 2. The molecular weight excluding hydrogens is 945 g/mol. The van der Waals surface area contributed by atoms with Crippen LogP contribution in [-0.2, 0) is 61.8 Å². The highest BCUT2D eigenvalue weighted by molar-refractivity contribution is 5.84. The quantitative estimate of drug-likeness (QED) is 0.0750. The number of aliphatic hydroxyl groups is 2. The van der Waals surface area contributed by atoms with Crippen molar-refractivity contribution in [1.82, 2.24) is 20.4 Å². The number of likely N-dealkylation sites (tertiary alicyclic amines) is 2. The Morgan fingerprint density at radius 1 is 0.667 bits per heavy atom. The van der Waals surface area contributed by atoms with Gasteiger partial charge in [0.05, 0.1) is 36.3 Å². The SMILES string of the molecule is COc1ccc2c3c1O[C@H]1C(OC(=O)C(CCC(=O)O)NC(=O)OCCOC(=O)NC(CCC(=O)O)C(=O)OC4=CC[C@@]5(O)[C@H]6Cc7ccc(OC)c8c7[C@@]5(CCN6C)[C@H]4O8)=CC[C@@]4(O)[C@@H](C2)N(C)CC[C@]314. The van der Waals surface area contributed by atoms with Crippen molar-refractivity contribution >= 4 is 36.1 Å². The Morgan fingerprint density at radius 3 is 1.44 bits per heavy atom. The van der Waals surface area contributed by atoms with Crippen LogP contribution in [0.3, 0.4) is 0 Å². The number of hydrogen-bond donors (Lipinski definition) is 6. The Kier molecular flexibility index (Phi) is 12.3. The van der Waals surface area contributed by atoms with E-state index in [1.54, 1.807) is 24.3 Å². The summed E-state index contributed by atoms with van der Waals surface area (Å²) in [6.07, 6.45) is -0.598. The highest BCUT2D eigenvalue weighted by Crippen LogP contribution is 2.67. The molecule has 4 bridgehead atoms. The van der Waals surface area contributed by atoms with Gasteiger partial charge in [-0.15, -0.1) is 0 Å². The van der Waals surface area contributed by atoms with Gasteiger partial charge in [0.15, 0.2) is 35.2 Å². The zero-order chi connectivity index (χ0) is 51.1. The summed E-state index contributed by atoms with van der Waals surface area (Å²) in [5.74, 6) is -2.51. The van der Waals surface area contributed by atoms with Crippen molar-refractivity contribution in [1.29, 1.82) is 0 Å². The molecule has 4 heterocycles. The number of benzene rings is 2. The van der Waals surface area contributed by atoms with Crippen molar-refractivity contribution < 1.29 is 87.1 Å². The Bertz CT molecular complexity index is 2510. The van der Waals surface area contributed by atoms with E-state index in [9.17, 15) is 49.2 Å². The number of esters is 2. The van der Waals surface area contributed by atoms with Gasteiger partial charge in [-0.25, -0.2) is 19.2 Å². The van der Waals surface area contributed by atoms with Gasteiger partial charge >= 0.3 is 36.1 Å². The summed E-state index contributed by atoms with van der Waals surface area (Å²) < 4.78 is 46.6. The number of piperidine rings is 2. The number of nitrogens with zero attached hydrogens (tertiary/aromatic N) is 2. The predicted molar refractivity (Wildman–Crippen MR) is 245 cm³/mol. The first-order chi connectivity index (χ1) is 34.4. The number of hydrogen-bond acceptors (Lipinski definition) is 18. The van der Waals surface area contributed by atoms with Crippen molar-refractivity contribution in [3.8, 4) is 23.0 Å². The van der Waals surface area contributed by atoms with E-state index >= 15 is 0 Å². The van der Waals surface area contributed by atoms with Gasteiger partial charge in [0.1, 0.15) is 36.8 Å². The molecule has 0 saturated carbocycles. The minimum atomic E-state index is -1.52. The molecule has 0 aromatic heterocycles. The van der Waals surface area contributed by atoms with Crippen molar-refractivity contribution in [2.45, 2.75) is 123 Å². The third-order valence-electron chi connectivity index (χ3n) is 16.5. The number of carboxylic acids is 2. The third-order valence-corrected chi connectivity index (χ3v) is 16.5. The fourth-order valence-electron chi connectivity index (χ4n) is 13.2. The van der Waals surface area contributed by atoms with Crippen LogP contribution in [0.2, 0.25) is 0 Å². The zero-order valence-electron chi connectivity index (χ0n) is 40.2. The molecule has 4 aliphatic carbocycles. The molecule has 2 aromatic rings. The molecule has 2 spiro atoms. The summed E-state index contributed by atoms with van der Waals surface area (Å²) in [6, 6.07) is 3.94. The first-order valence-electron chi connectivity index (χ1n) is 24.1. The van der Waals surface area contributed by atoms with Gasteiger partial charge < -0.3 is 78.8 Å². The fourth-order valence-corrected chi connectivity index (χ4v) is 13.2. The van der Waals surface area contributed by atoms with Gasteiger partial charge in [-0.05, 0) is 101 Å². The van der Waals surface area contributed by atoms with Crippen LogP contribution in [0.1, 0.15) is 73.6 Å². The van der Waals surface area contributed by atoms with E-state index in [1.807, 2.05) is 26.2 Å². The number of amides is 2. The van der Waals surface area contributed by atoms with Gasteiger partial charge in [0, 0.05) is 48.9 Å². The molecule has 2 saturated heterocycles. The van der Waals surface area contributed by atoms with Crippen LogP contribution in [0.4, 0.5) is 9.59 Å². The largest absolute Gasteiger partial charge is 0.493 e. The second-order valence-electron chi connectivity index (χ2n) is 19.9. The van der Waals surface area contributed by atoms with Gasteiger partial charge in [-0.1, -0.05) is 12.1 Å². The topological polar surface area (TPSA) is 288 Å². The smallest absolute Gasteiger partial charge is 0.407 e. The highest BCUT2D eigenvalue weighted by atomic mass is 16.6.